The quantitative estimate of drug-likeness (QED) is 0.491. The van der Waals surface area contributed by atoms with Gasteiger partial charge in [-0.2, -0.15) is 13.2 Å². The maximum Gasteiger partial charge on any atom is 0.422 e. The van der Waals surface area contributed by atoms with E-state index in [0.29, 0.717) is 17.7 Å². The first-order chi connectivity index (χ1) is 13.2. The van der Waals surface area contributed by atoms with Gasteiger partial charge in [0.05, 0.1) is 0 Å². The van der Waals surface area contributed by atoms with Gasteiger partial charge in [0.25, 0.3) is 0 Å². The van der Waals surface area contributed by atoms with Crippen LogP contribution in [0.3, 0.4) is 0 Å². The third-order valence-electron chi connectivity index (χ3n) is 4.12. The molecule has 0 fully saturated rings. The summed E-state index contributed by atoms with van der Waals surface area (Å²) in [6, 6.07) is 5.79. The smallest absolute Gasteiger partial charge is 0.236 e. The Morgan fingerprint density at radius 1 is 0.821 bits per heavy atom. The van der Waals surface area contributed by atoms with Crippen LogP contribution in [0.15, 0.2) is 42.7 Å². The minimum atomic E-state index is -5.15. The highest BCUT2D eigenvalue weighted by molar-refractivity contribution is 5.65. The van der Waals surface area contributed by atoms with Crippen LogP contribution < -0.4 is 0 Å². The van der Waals surface area contributed by atoms with Gasteiger partial charge in [-0.1, -0.05) is 25.5 Å². The fourth-order valence-corrected chi connectivity index (χ4v) is 2.83. The fourth-order valence-electron chi connectivity index (χ4n) is 2.83. The number of nitrogens with zero attached hydrogens (tertiary/aromatic N) is 2. The molecule has 0 saturated carbocycles. The summed E-state index contributed by atoms with van der Waals surface area (Å²) < 4.78 is 79.7. The largest absolute Gasteiger partial charge is 0.422 e. The molecule has 0 aliphatic carbocycles. The molecule has 8 heteroatoms. The van der Waals surface area contributed by atoms with Crippen LogP contribution in [0.4, 0.5) is 26.3 Å². The van der Waals surface area contributed by atoms with Gasteiger partial charge in [0.15, 0.2) is 5.82 Å². The molecule has 2 nitrogen and oxygen atoms in total. The van der Waals surface area contributed by atoms with Crippen molar-refractivity contribution in [2.75, 3.05) is 0 Å². The van der Waals surface area contributed by atoms with E-state index >= 15 is 0 Å². The Bertz CT molecular complexity index is 974. The van der Waals surface area contributed by atoms with Crippen LogP contribution in [0.5, 0.6) is 0 Å². The van der Waals surface area contributed by atoms with E-state index in [0.717, 1.165) is 18.4 Å². The van der Waals surface area contributed by atoms with Crippen LogP contribution in [-0.4, -0.2) is 9.97 Å². The van der Waals surface area contributed by atoms with Gasteiger partial charge in [0.1, 0.15) is 23.0 Å². The first-order valence-corrected chi connectivity index (χ1v) is 8.38. The number of hydrogen-bond acceptors (Lipinski definition) is 2. The molecule has 146 valence electrons. The molecule has 0 unspecified atom stereocenters. The molecule has 0 spiro atoms. The topological polar surface area (TPSA) is 25.8 Å². The molecule has 0 aliphatic rings. The predicted molar refractivity (Wildman–Crippen MR) is 91.8 cm³/mol. The molecular weight excluding hydrogens is 382 g/mol. The molecule has 3 rings (SSSR count). The second-order valence-corrected chi connectivity index (χ2v) is 6.17. The SMILES string of the molecule is CCCc1ccc(-c2cnc(-c3cc(F)c(C(F)(F)F)c(F)c3)nc2)c(F)c1. The standard InChI is InChI=1S/C20H14F6N2/c1-2-3-11-4-5-14(15(21)6-11)13-9-27-19(28-10-13)12-7-16(22)18(17(23)8-12)20(24,25)26/h4-10H,2-3H2,1H3. The van der Waals surface area contributed by atoms with E-state index in [2.05, 4.69) is 9.97 Å². The van der Waals surface area contributed by atoms with E-state index in [1.807, 2.05) is 6.92 Å². The Morgan fingerprint density at radius 3 is 1.93 bits per heavy atom. The summed E-state index contributed by atoms with van der Waals surface area (Å²) in [4.78, 5) is 7.81. The van der Waals surface area contributed by atoms with Gasteiger partial charge in [-0.3, -0.25) is 0 Å². The lowest BCUT2D eigenvalue weighted by Crippen LogP contribution is -2.11. The lowest BCUT2D eigenvalue weighted by Gasteiger charge is -2.11. The van der Waals surface area contributed by atoms with Crippen molar-refractivity contribution < 1.29 is 26.3 Å². The number of alkyl halides is 3. The highest BCUT2D eigenvalue weighted by Crippen LogP contribution is 2.35. The summed E-state index contributed by atoms with van der Waals surface area (Å²) in [5.74, 6) is -4.16. The minimum Gasteiger partial charge on any atom is -0.236 e. The summed E-state index contributed by atoms with van der Waals surface area (Å²) in [5, 5.41) is 0. The van der Waals surface area contributed by atoms with Gasteiger partial charge >= 0.3 is 6.18 Å². The first-order valence-electron chi connectivity index (χ1n) is 8.38. The molecule has 0 bridgehead atoms. The number of aromatic nitrogens is 2. The zero-order chi connectivity index (χ0) is 20.5. The van der Waals surface area contributed by atoms with E-state index in [-0.39, 0.29) is 17.0 Å². The van der Waals surface area contributed by atoms with Crippen LogP contribution in [0.25, 0.3) is 22.5 Å². The Balaban J connectivity index is 1.93. The van der Waals surface area contributed by atoms with Crippen LogP contribution in [0.2, 0.25) is 0 Å². The second-order valence-electron chi connectivity index (χ2n) is 6.17. The third kappa shape index (κ3) is 4.00. The molecule has 2 aromatic carbocycles. The first kappa shape index (κ1) is 19.9. The van der Waals surface area contributed by atoms with Gasteiger partial charge in [0, 0.05) is 29.1 Å². The molecule has 0 amide bonds. The van der Waals surface area contributed by atoms with E-state index in [1.165, 1.54) is 18.5 Å². The molecule has 0 radical (unpaired) electrons. The van der Waals surface area contributed by atoms with Crippen molar-refractivity contribution in [1.29, 1.82) is 0 Å². The summed E-state index contributed by atoms with van der Waals surface area (Å²) in [5.41, 5.74) is -0.805. The molecular formula is C20H14F6N2. The summed E-state index contributed by atoms with van der Waals surface area (Å²) in [7, 11) is 0. The maximum absolute atomic E-state index is 14.3. The third-order valence-corrected chi connectivity index (χ3v) is 4.12. The van der Waals surface area contributed by atoms with Crippen LogP contribution in [-0.2, 0) is 12.6 Å². The van der Waals surface area contributed by atoms with Crippen LogP contribution >= 0.6 is 0 Å². The molecule has 3 aromatic rings. The van der Waals surface area contributed by atoms with Crippen LogP contribution in [0, 0.1) is 17.5 Å². The Hall–Kier alpha value is -2.90. The number of rotatable bonds is 4. The molecule has 0 saturated heterocycles. The van der Waals surface area contributed by atoms with Crippen LogP contribution in [0.1, 0.15) is 24.5 Å². The highest BCUT2D eigenvalue weighted by Gasteiger charge is 2.38. The highest BCUT2D eigenvalue weighted by atomic mass is 19.4. The number of halogens is 6. The summed E-state index contributed by atoms with van der Waals surface area (Å²) in [6.07, 6.45) is -1.06. The maximum atomic E-state index is 14.3. The summed E-state index contributed by atoms with van der Waals surface area (Å²) >= 11 is 0. The Kier molecular flexibility index (Phi) is 5.40. The van der Waals surface area contributed by atoms with E-state index in [4.69, 9.17) is 0 Å². The van der Waals surface area contributed by atoms with E-state index in [1.54, 1.807) is 12.1 Å². The lowest BCUT2D eigenvalue weighted by atomic mass is 10.0. The number of aryl methyl sites for hydroxylation is 1. The molecule has 28 heavy (non-hydrogen) atoms. The number of benzene rings is 2. The van der Waals surface area contributed by atoms with Crippen molar-refractivity contribution in [3.8, 4) is 22.5 Å². The molecule has 1 heterocycles. The van der Waals surface area contributed by atoms with Gasteiger partial charge in [-0.15, -0.1) is 0 Å². The van der Waals surface area contributed by atoms with E-state index in [9.17, 15) is 26.3 Å². The van der Waals surface area contributed by atoms with Crippen molar-refractivity contribution in [3.05, 3.63) is 71.3 Å². The molecule has 0 N–H and O–H groups in total. The monoisotopic (exact) mass is 396 g/mol. The van der Waals surface area contributed by atoms with Crippen molar-refractivity contribution in [2.24, 2.45) is 0 Å². The van der Waals surface area contributed by atoms with Gasteiger partial charge in [-0.05, 0) is 30.2 Å². The summed E-state index contributed by atoms with van der Waals surface area (Å²) in [6.45, 7) is 1.98. The molecule has 0 atom stereocenters. The second kappa shape index (κ2) is 7.61. The number of hydrogen-bond donors (Lipinski definition) is 0. The van der Waals surface area contributed by atoms with Gasteiger partial charge < -0.3 is 0 Å². The van der Waals surface area contributed by atoms with Gasteiger partial charge in [-0.25, -0.2) is 23.1 Å². The average molecular weight is 396 g/mol. The van der Waals surface area contributed by atoms with Crippen molar-refractivity contribution >= 4 is 0 Å². The van der Waals surface area contributed by atoms with E-state index < -0.39 is 29.2 Å². The Morgan fingerprint density at radius 2 is 1.43 bits per heavy atom. The normalized spacial score (nSPS) is 11.7. The Labute approximate surface area is 156 Å². The lowest BCUT2D eigenvalue weighted by molar-refractivity contribution is -0.142. The van der Waals surface area contributed by atoms with Crippen molar-refractivity contribution in [3.63, 3.8) is 0 Å². The molecule has 0 aliphatic heterocycles. The average Bonchev–Trinajstić information content (AvgIpc) is 2.60. The van der Waals surface area contributed by atoms with Crippen molar-refractivity contribution in [1.82, 2.24) is 9.97 Å². The fraction of sp³-hybridized carbons (Fsp3) is 0.200. The zero-order valence-electron chi connectivity index (χ0n) is 14.6. The van der Waals surface area contributed by atoms with Gasteiger partial charge in [0.2, 0.25) is 0 Å². The molecule has 1 aromatic heterocycles. The predicted octanol–water partition coefficient (Wildman–Crippen LogP) is 6.20. The zero-order valence-corrected chi connectivity index (χ0v) is 14.6. The minimum absolute atomic E-state index is 0.182. The van der Waals surface area contributed by atoms with Crippen molar-refractivity contribution in [2.45, 2.75) is 25.9 Å².